The van der Waals surface area contributed by atoms with Gasteiger partial charge in [-0.05, 0) is 30.7 Å². The molecule has 3 nitrogen and oxygen atoms in total. The summed E-state index contributed by atoms with van der Waals surface area (Å²) in [4.78, 5) is 11.0. The first kappa shape index (κ1) is 17.1. The molecule has 0 fully saturated rings. The molecular weight excluding hydrogens is 304 g/mol. The van der Waals surface area contributed by atoms with Crippen molar-refractivity contribution in [3.05, 3.63) is 34.9 Å². The van der Waals surface area contributed by atoms with Gasteiger partial charge in [0.1, 0.15) is 0 Å². The lowest BCUT2D eigenvalue weighted by molar-refractivity contribution is -0.143. The maximum absolute atomic E-state index is 12.6. The molecule has 0 spiro atoms. The summed E-state index contributed by atoms with van der Waals surface area (Å²) >= 11 is 0. The van der Waals surface area contributed by atoms with Gasteiger partial charge in [-0.1, -0.05) is 0 Å². The van der Waals surface area contributed by atoms with E-state index in [1.807, 2.05) is 0 Å². The topological polar surface area (TPSA) is 38.3 Å². The molecule has 0 aliphatic heterocycles. The SMILES string of the molecule is CCOC(=O)NCc1cc(C(F)(F)F)cc(C(F)(F)F)c1. The van der Waals surface area contributed by atoms with Crippen molar-refractivity contribution in [3.63, 3.8) is 0 Å². The molecule has 0 unspecified atom stereocenters. The Kier molecular flexibility index (Phi) is 5.08. The third-order valence-electron chi connectivity index (χ3n) is 2.36. The summed E-state index contributed by atoms with van der Waals surface area (Å²) in [6.45, 7) is 1.03. The third-order valence-corrected chi connectivity index (χ3v) is 2.36. The van der Waals surface area contributed by atoms with E-state index < -0.39 is 36.1 Å². The molecule has 0 saturated heterocycles. The van der Waals surface area contributed by atoms with Gasteiger partial charge in [-0.3, -0.25) is 0 Å². The number of carbonyl (C=O) groups excluding carboxylic acids is 1. The fourth-order valence-electron chi connectivity index (χ4n) is 1.48. The Morgan fingerprint density at radius 1 is 1.05 bits per heavy atom. The summed E-state index contributed by atoms with van der Waals surface area (Å²) in [5.41, 5.74) is -3.19. The van der Waals surface area contributed by atoms with Gasteiger partial charge in [-0.15, -0.1) is 0 Å². The van der Waals surface area contributed by atoms with Crippen LogP contribution in [0.25, 0.3) is 0 Å². The van der Waals surface area contributed by atoms with E-state index in [4.69, 9.17) is 0 Å². The molecular formula is C12H11F6NO2. The highest BCUT2D eigenvalue weighted by molar-refractivity contribution is 5.67. The molecule has 118 valence electrons. The van der Waals surface area contributed by atoms with Gasteiger partial charge in [0.2, 0.25) is 0 Å². The summed E-state index contributed by atoms with van der Waals surface area (Å²) in [5, 5.41) is 2.06. The minimum atomic E-state index is -4.92. The predicted molar refractivity (Wildman–Crippen MR) is 60.3 cm³/mol. The predicted octanol–water partition coefficient (Wildman–Crippen LogP) is 3.97. The molecule has 1 rings (SSSR count). The Labute approximate surface area is 115 Å². The van der Waals surface area contributed by atoms with Crippen molar-refractivity contribution in [3.8, 4) is 0 Å². The first-order chi connectivity index (χ1) is 9.54. The lowest BCUT2D eigenvalue weighted by atomic mass is 10.0. The van der Waals surface area contributed by atoms with E-state index in [2.05, 4.69) is 10.1 Å². The number of hydrogen-bond acceptors (Lipinski definition) is 2. The summed E-state index contributed by atoms with van der Waals surface area (Å²) in [6.07, 6.45) is -10.8. The fourth-order valence-corrected chi connectivity index (χ4v) is 1.48. The minimum absolute atomic E-state index is 0.0217. The van der Waals surface area contributed by atoms with Crippen LogP contribution in [0.1, 0.15) is 23.6 Å². The zero-order valence-corrected chi connectivity index (χ0v) is 10.7. The Balaban J connectivity index is 3.06. The quantitative estimate of drug-likeness (QED) is 0.857. The van der Waals surface area contributed by atoms with Crippen LogP contribution in [-0.2, 0) is 23.6 Å². The van der Waals surface area contributed by atoms with Crippen molar-refractivity contribution in [2.24, 2.45) is 0 Å². The van der Waals surface area contributed by atoms with Gasteiger partial charge in [0, 0.05) is 6.54 Å². The number of halogens is 6. The number of rotatable bonds is 3. The number of alkyl carbamates (subject to hydrolysis) is 1. The summed E-state index contributed by atoms with van der Waals surface area (Å²) in [5.74, 6) is 0. The summed E-state index contributed by atoms with van der Waals surface area (Å²) in [6, 6.07) is 1.11. The van der Waals surface area contributed by atoms with Crippen LogP contribution in [0.3, 0.4) is 0 Å². The van der Waals surface area contributed by atoms with Crippen molar-refractivity contribution in [1.29, 1.82) is 0 Å². The van der Waals surface area contributed by atoms with Crippen LogP contribution in [0, 0.1) is 0 Å². The number of carbonyl (C=O) groups is 1. The number of hydrogen-bond donors (Lipinski definition) is 1. The van der Waals surface area contributed by atoms with Crippen molar-refractivity contribution in [2.45, 2.75) is 25.8 Å². The highest BCUT2D eigenvalue weighted by Gasteiger charge is 2.36. The van der Waals surface area contributed by atoms with Crippen molar-refractivity contribution < 1.29 is 35.9 Å². The summed E-state index contributed by atoms with van der Waals surface area (Å²) in [7, 11) is 0. The molecule has 1 amide bonds. The Morgan fingerprint density at radius 2 is 1.52 bits per heavy atom. The number of benzene rings is 1. The average molecular weight is 315 g/mol. The van der Waals surface area contributed by atoms with E-state index in [1.54, 1.807) is 0 Å². The molecule has 0 heterocycles. The molecule has 0 radical (unpaired) electrons. The zero-order chi connectivity index (χ0) is 16.3. The van der Waals surface area contributed by atoms with Crippen LogP contribution >= 0.6 is 0 Å². The molecule has 0 saturated carbocycles. The van der Waals surface area contributed by atoms with Gasteiger partial charge in [0.15, 0.2) is 0 Å². The van der Waals surface area contributed by atoms with E-state index in [0.717, 1.165) is 0 Å². The Morgan fingerprint density at radius 3 is 1.90 bits per heavy atom. The van der Waals surface area contributed by atoms with E-state index >= 15 is 0 Å². The molecule has 0 aliphatic carbocycles. The van der Waals surface area contributed by atoms with Crippen LogP contribution in [-0.4, -0.2) is 12.7 Å². The van der Waals surface area contributed by atoms with Crippen molar-refractivity contribution in [1.82, 2.24) is 5.32 Å². The third kappa shape index (κ3) is 5.16. The lowest BCUT2D eigenvalue weighted by Gasteiger charge is -2.14. The zero-order valence-electron chi connectivity index (χ0n) is 10.7. The second-order valence-corrected chi connectivity index (χ2v) is 3.99. The summed E-state index contributed by atoms with van der Waals surface area (Å²) < 4.78 is 79.9. The molecule has 0 bridgehead atoms. The average Bonchev–Trinajstić information content (AvgIpc) is 2.34. The van der Waals surface area contributed by atoms with Gasteiger partial charge in [-0.25, -0.2) is 4.79 Å². The highest BCUT2D eigenvalue weighted by atomic mass is 19.4. The first-order valence-electron chi connectivity index (χ1n) is 5.73. The van der Waals surface area contributed by atoms with Crippen LogP contribution in [0.4, 0.5) is 31.1 Å². The normalized spacial score (nSPS) is 12.1. The van der Waals surface area contributed by atoms with Crippen LogP contribution in [0.5, 0.6) is 0 Å². The maximum atomic E-state index is 12.6. The Bertz CT molecular complexity index is 477. The molecule has 1 aromatic carbocycles. The molecule has 9 heteroatoms. The van der Waals surface area contributed by atoms with Crippen molar-refractivity contribution >= 4 is 6.09 Å². The van der Waals surface area contributed by atoms with Gasteiger partial charge in [0.05, 0.1) is 17.7 Å². The van der Waals surface area contributed by atoms with Crippen LogP contribution in [0.15, 0.2) is 18.2 Å². The Hall–Kier alpha value is -1.93. The smallest absolute Gasteiger partial charge is 0.416 e. The van der Waals surface area contributed by atoms with Gasteiger partial charge >= 0.3 is 18.4 Å². The molecule has 0 aromatic heterocycles. The van der Waals surface area contributed by atoms with Gasteiger partial charge < -0.3 is 10.1 Å². The minimum Gasteiger partial charge on any atom is -0.450 e. The number of alkyl halides is 6. The molecule has 0 atom stereocenters. The largest absolute Gasteiger partial charge is 0.450 e. The molecule has 21 heavy (non-hydrogen) atoms. The van der Waals surface area contributed by atoms with Crippen LogP contribution in [0.2, 0.25) is 0 Å². The highest BCUT2D eigenvalue weighted by Crippen LogP contribution is 2.36. The molecule has 1 aromatic rings. The molecule has 1 N–H and O–H groups in total. The monoisotopic (exact) mass is 315 g/mol. The second kappa shape index (κ2) is 6.23. The van der Waals surface area contributed by atoms with E-state index in [0.29, 0.717) is 12.1 Å². The van der Waals surface area contributed by atoms with Crippen molar-refractivity contribution in [2.75, 3.05) is 6.61 Å². The standard InChI is InChI=1S/C12H11F6NO2/c1-2-21-10(20)19-6-7-3-8(11(13,14)15)5-9(4-7)12(16,17)18/h3-5H,2,6H2,1H3,(H,19,20). The van der Waals surface area contributed by atoms with E-state index in [9.17, 15) is 31.1 Å². The molecule has 0 aliphatic rings. The van der Waals surface area contributed by atoms with E-state index in [-0.39, 0.29) is 18.2 Å². The number of amides is 1. The maximum Gasteiger partial charge on any atom is 0.416 e. The van der Waals surface area contributed by atoms with Crippen LogP contribution < -0.4 is 5.32 Å². The number of nitrogens with one attached hydrogen (secondary N) is 1. The van der Waals surface area contributed by atoms with Gasteiger partial charge in [-0.2, -0.15) is 26.3 Å². The first-order valence-corrected chi connectivity index (χ1v) is 5.73. The van der Waals surface area contributed by atoms with E-state index in [1.165, 1.54) is 6.92 Å². The second-order valence-electron chi connectivity index (χ2n) is 3.99. The van der Waals surface area contributed by atoms with Gasteiger partial charge in [0.25, 0.3) is 0 Å². The fraction of sp³-hybridized carbons (Fsp3) is 0.417. The number of ether oxygens (including phenoxy) is 1. The lowest BCUT2D eigenvalue weighted by Crippen LogP contribution is -2.24.